The van der Waals surface area contributed by atoms with Crippen molar-refractivity contribution < 1.29 is 9.59 Å². The number of thiophene rings is 1. The first-order valence-corrected chi connectivity index (χ1v) is 8.69. The average Bonchev–Trinajstić information content (AvgIpc) is 3.16. The predicted octanol–water partition coefficient (Wildman–Crippen LogP) is 3.12. The second-order valence-electron chi connectivity index (χ2n) is 5.83. The Hall–Kier alpha value is -2.14. The molecule has 4 nitrogen and oxygen atoms in total. The Kier molecular flexibility index (Phi) is 4.76. The van der Waals surface area contributed by atoms with E-state index in [9.17, 15) is 9.59 Å². The molecule has 0 bridgehead atoms. The quantitative estimate of drug-likeness (QED) is 0.886. The van der Waals surface area contributed by atoms with Crippen LogP contribution in [0.15, 0.2) is 41.8 Å². The Morgan fingerprint density at radius 1 is 1.26 bits per heavy atom. The van der Waals surface area contributed by atoms with E-state index in [-0.39, 0.29) is 30.3 Å². The number of fused-ring (bicyclic) bond motifs is 1. The molecule has 120 valence electrons. The first-order valence-electron chi connectivity index (χ1n) is 7.81. The summed E-state index contributed by atoms with van der Waals surface area (Å²) in [4.78, 5) is 24.8. The number of benzene rings is 1. The number of nitrogens with one attached hydrogen (secondary N) is 2. The lowest BCUT2D eigenvalue weighted by molar-refractivity contribution is -0.123. The first-order chi connectivity index (χ1) is 11.1. The molecule has 0 radical (unpaired) electrons. The van der Waals surface area contributed by atoms with Crippen LogP contribution in [0, 0.1) is 0 Å². The fourth-order valence-corrected chi connectivity index (χ4v) is 3.88. The van der Waals surface area contributed by atoms with Crippen molar-refractivity contribution in [3.63, 3.8) is 0 Å². The molecule has 1 aliphatic rings. The summed E-state index contributed by atoms with van der Waals surface area (Å²) < 4.78 is 0. The van der Waals surface area contributed by atoms with Gasteiger partial charge in [0.1, 0.15) is 0 Å². The minimum absolute atomic E-state index is 0.0288. The van der Waals surface area contributed by atoms with Gasteiger partial charge in [0.25, 0.3) is 0 Å². The zero-order valence-corrected chi connectivity index (χ0v) is 13.9. The molecule has 2 aromatic rings. The summed E-state index contributed by atoms with van der Waals surface area (Å²) in [5.41, 5.74) is 2.53. The van der Waals surface area contributed by atoms with Gasteiger partial charge in [0.2, 0.25) is 11.8 Å². The van der Waals surface area contributed by atoms with Crippen LogP contribution in [0.25, 0.3) is 0 Å². The molecule has 3 rings (SSSR count). The molecule has 5 heteroatoms. The minimum atomic E-state index is -0.260. The van der Waals surface area contributed by atoms with Crippen LogP contribution in [0.1, 0.15) is 47.9 Å². The Morgan fingerprint density at radius 2 is 2.09 bits per heavy atom. The maximum absolute atomic E-state index is 12.4. The van der Waals surface area contributed by atoms with Crippen molar-refractivity contribution in [3.05, 3.63) is 57.8 Å². The monoisotopic (exact) mass is 328 g/mol. The van der Waals surface area contributed by atoms with Crippen molar-refractivity contribution in [1.29, 1.82) is 0 Å². The third kappa shape index (κ3) is 3.79. The number of hydrogen-bond acceptors (Lipinski definition) is 3. The van der Waals surface area contributed by atoms with Crippen molar-refractivity contribution in [1.82, 2.24) is 10.6 Å². The molecular formula is C18H20N2O2S. The number of carbonyl (C=O) groups excluding carboxylic acids is 2. The lowest BCUT2D eigenvalue weighted by atomic mass is 10.1. The zero-order valence-electron chi connectivity index (χ0n) is 13.0. The van der Waals surface area contributed by atoms with Crippen LogP contribution in [0.3, 0.4) is 0 Å². The van der Waals surface area contributed by atoms with Gasteiger partial charge >= 0.3 is 0 Å². The molecule has 0 unspecified atom stereocenters. The van der Waals surface area contributed by atoms with Crippen molar-refractivity contribution in [2.24, 2.45) is 0 Å². The van der Waals surface area contributed by atoms with Gasteiger partial charge in [-0.3, -0.25) is 9.59 Å². The highest BCUT2D eigenvalue weighted by atomic mass is 32.1. The molecule has 1 aliphatic carbocycles. The molecule has 2 N–H and O–H groups in total. The van der Waals surface area contributed by atoms with Gasteiger partial charge in [-0.05, 0) is 35.4 Å². The van der Waals surface area contributed by atoms with Crippen molar-refractivity contribution in [2.75, 3.05) is 0 Å². The lowest BCUT2D eigenvalue weighted by Crippen LogP contribution is -2.33. The van der Waals surface area contributed by atoms with Gasteiger partial charge < -0.3 is 10.6 Å². The molecular weight excluding hydrogens is 308 g/mol. The Morgan fingerprint density at radius 3 is 2.83 bits per heavy atom. The number of aryl methyl sites for hydroxylation is 1. The maximum atomic E-state index is 12.4. The summed E-state index contributed by atoms with van der Waals surface area (Å²) in [7, 11) is 0. The molecule has 23 heavy (non-hydrogen) atoms. The summed E-state index contributed by atoms with van der Waals surface area (Å²) >= 11 is 1.55. The zero-order chi connectivity index (χ0) is 16.2. The van der Waals surface area contributed by atoms with E-state index in [0.717, 1.165) is 17.7 Å². The van der Waals surface area contributed by atoms with Gasteiger partial charge in [0, 0.05) is 11.8 Å². The topological polar surface area (TPSA) is 58.2 Å². The fourth-order valence-electron chi connectivity index (χ4n) is 3.10. The van der Waals surface area contributed by atoms with E-state index in [1.807, 2.05) is 29.6 Å². The average molecular weight is 328 g/mol. The van der Waals surface area contributed by atoms with Gasteiger partial charge in [-0.25, -0.2) is 0 Å². The fraction of sp³-hybridized carbons (Fsp3) is 0.333. The highest BCUT2D eigenvalue weighted by molar-refractivity contribution is 7.10. The van der Waals surface area contributed by atoms with E-state index in [2.05, 4.69) is 22.8 Å². The summed E-state index contributed by atoms with van der Waals surface area (Å²) in [6, 6.07) is 11.9. The SMILES string of the molecule is CC(=O)N[C@H](CC(=O)N[C@H]1CCc2ccccc21)c1cccs1. The van der Waals surface area contributed by atoms with Crippen LogP contribution in [0.4, 0.5) is 0 Å². The van der Waals surface area contributed by atoms with Crippen LogP contribution in [-0.2, 0) is 16.0 Å². The largest absolute Gasteiger partial charge is 0.349 e. The van der Waals surface area contributed by atoms with E-state index < -0.39 is 0 Å². The number of rotatable bonds is 5. The smallest absolute Gasteiger partial charge is 0.222 e. The van der Waals surface area contributed by atoms with Crippen LogP contribution in [-0.4, -0.2) is 11.8 Å². The van der Waals surface area contributed by atoms with E-state index in [4.69, 9.17) is 0 Å². The normalized spacial score (nSPS) is 17.3. The standard InChI is InChI=1S/C18H20N2O2S/c1-12(21)19-16(17-7-4-10-23-17)11-18(22)20-15-9-8-13-5-2-3-6-14(13)15/h2-7,10,15-16H,8-9,11H2,1H3,(H,19,21)(H,20,22)/t15-,16+/m0/s1. The summed E-state index contributed by atoms with van der Waals surface area (Å²) in [5.74, 6) is -0.152. The van der Waals surface area contributed by atoms with Crippen molar-refractivity contribution in [3.8, 4) is 0 Å². The number of carbonyl (C=O) groups is 2. The molecule has 1 aromatic heterocycles. The van der Waals surface area contributed by atoms with Crippen LogP contribution >= 0.6 is 11.3 Å². The first kappa shape index (κ1) is 15.7. The lowest BCUT2D eigenvalue weighted by Gasteiger charge is -2.19. The van der Waals surface area contributed by atoms with E-state index in [1.165, 1.54) is 18.1 Å². The molecule has 1 aromatic carbocycles. The Bertz CT molecular complexity index is 697. The molecule has 0 saturated carbocycles. The summed E-state index contributed by atoms with van der Waals surface area (Å²) in [6.45, 7) is 1.48. The summed E-state index contributed by atoms with van der Waals surface area (Å²) in [6.07, 6.45) is 2.20. The van der Waals surface area contributed by atoms with E-state index >= 15 is 0 Å². The molecule has 0 spiro atoms. The maximum Gasteiger partial charge on any atom is 0.222 e. The Balaban J connectivity index is 1.65. The summed E-state index contributed by atoms with van der Waals surface area (Å²) in [5, 5.41) is 7.94. The molecule has 0 saturated heterocycles. The van der Waals surface area contributed by atoms with Crippen LogP contribution in [0.2, 0.25) is 0 Å². The minimum Gasteiger partial charge on any atom is -0.349 e. The van der Waals surface area contributed by atoms with Gasteiger partial charge in [0.15, 0.2) is 0 Å². The van der Waals surface area contributed by atoms with Crippen LogP contribution < -0.4 is 10.6 Å². The third-order valence-corrected chi connectivity index (χ3v) is 5.11. The number of hydrogen-bond donors (Lipinski definition) is 2. The van der Waals surface area contributed by atoms with E-state index in [1.54, 1.807) is 11.3 Å². The highest BCUT2D eigenvalue weighted by Gasteiger charge is 2.25. The third-order valence-electron chi connectivity index (χ3n) is 4.12. The molecule has 2 atom stereocenters. The predicted molar refractivity (Wildman–Crippen MR) is 91.1 cm³/mol. The molecule has 0 aliphatic heterocycles. The van der Waals surface area contributed by atoms with Crippen molar-refractivity contribution in [2.45, 2.75) is 38.3 Å². The van der Waals surface area contributed by atoms with Crippen molar-refractivity contribution >= 4 is 23.2 Å². The van der Waals surface area contributed by atoms with E-state index in [0.29, 0.717) is 0 Å². The highest BCUT2D eigenvalue weighted by Crippen LogP contribution is 2.31. The second-order valence-corrected chi connectivity index (χ2v) is 6.81. The second kappa shape index (κ2) is 6.96. The van der Waals surface area contributed by atoms with Gasteiger partial charge in [0.05, 0.1) is 18.5 Å². The number of amides is 2. The Labute approximate surface area is 139 Å². The van der Waals surface area contributed by atoms with Gasteiger partial charge in [-0.2, -0.15) is 0 Å². The molecule has 1 heterocycles. The van der Waals surface area contributed by atoms with Gasteiger partial charge in [-0.15, -0.1) is 11.3 Å². The molecule has 2 amide bonds. The molecule has 0 fully saturated rings. The van der Waals surface area contributed by atoms with Gasteiger partial charge in [-0.1, -0.05) is 30.3 Å². The van der Waals surface area contributed by atoms with Crippen LogP contribution in [0.5, 0.6) is 0 Å².